The number of aromatic nitrogens is 2. The molecule has 0 aliphatic rings. The van der Waals surface area contributed by atoms with Crippen LogP contribution in [0.3, 0.4) is 0 Å². The predicted octanol–water partition coefficient (Wildman–Crippen LogP) is 1.39. The molecule has 17 heavy (non-hydrogen) atoms. The van der Waals surface area contributed by atoms with E-state index in [1.165, 1.54) is 6.33 Å². The van der Waals surface area contributed by atoms with E-state index in [-0.39, 0.29) is 5.82 Å². The van der Waals surface area contributed by atoms with Gasteiger partial charge in [0.15, 0.2) is 11.6 Å². The smallest absolute Gasteiger partial charge is 0.186 e. The van der Waals surface area contributed by atoms with E-state index in [4.69, 9.17) is 9.47 Å². The molecule has 1 rings (SSSR count). The maximum Gasteiger partial charge on any atom is 0.186 e. The summed E-state index contributed by atoms with van der Waals surface area (Å²) in [6.07, 6.45) is 2.13. The third-order valence-corrected chi connectivity index (χ3v) is 2.15. The molecule has 0 unspecified atom stereocenters. The van der Waals surface area contributed by atoms with Crippen molar-refractivity contribution in [3.05, 3.63) is 17.8 Å². The first kappa shape index (κ1) is 13.8. The Morgan fingerprint density at radius 1 is 1.29 bits per heavy atom. The SMILES string of the molecule is COCCOCCCNc1ncnc(C)c1F. The van der Waals surface area contributed by atoms with Crippen LogP contribution in [0.25, 0.3) is 0 Å². The van der Waals surface area contributed by atoms with Crippen molar-refractivity contribution in [3.63, 3.8) is 0 Å². The van der Waals surface area contributed by atoms with Crippen LogP contribution in [0.5, 0.6) is 0 Å². The molecule has 0 aromatic carbocycles. The topological polar surface area (TPSA) is 56.3 Å². The largest absolute Gasteiger partial charge is 0.382 e. The molecule has 1 N–H and O–H groups in total. The van der Waals surface area contributed by atoms with Crippen molar-refractivity contribution in [1.29, 1.82) is 0 Å². The highest BCUT2D eigenvalue weighted by Gasteiger charge is 2.05. The van der Waals surface area contributed by atoms with Gasteiger partial charge in [-0.05, 0) is 13.3 Å². The fraction of sp³-hybridized carbons (Fsp3) is 0.636. The van der Waals surface area contributed by atoms with E-state index < -0.39 is 5.82 Å². The molecule has 0 aliphatic carbocycles. The second kappa shape index (κ2) is 7.92. The summed E-state index contributed by atoms with van der Waals surface area (Å²) in [7, 11) is 1.63. The zero-order valence-corrected chi connectivity index (χ0v) is 10.2. The maximum atomic E-state index is 13.4. The van der Waals surface area contributed by atoms with E-state index in [1.807, 2.05) is 0 Å². The van der Waals surface area contributed by atoms with Crippen molar-refractivity contribution in [3.8, 4) is 0 Å². The van der Waals surface area contributed by atoms with Crippen LogP contribution in [-0.4, -0.2) is 43.4 Å². The van der Waals surface area contributed by atoms with Gasteiger partial charge < -0.3 is 14.8 Å². The lowest BCUT2D eigenvalue weighted by Gasteiger charge is -2.07. The van der Waals surface area contributed by atoms with E-state index in [0.29, 0.717) is 32.1 Å². The predicted molar refractivity (Wildman–Crippen MR) is 62.5 cm³/mol. The van der Waals surface area contributed by atoms with E-state index >= 15 is 0 Å². The number of aryl methyl sites for hydroxylation is 1. The first-order valence-electron chi connectivity index (χ1n) is 5.53. The lowest BCUT2D eigenvalue weighted by molar-refractivity contribution is 0.0705. The number of hydrogen-bond acceptors (Lipinski definition) is 5. The first-order valence-corrected chi connectivity index (χ1v) is 5.53. The van der Waals surface area contributed by atoms with E-state index in [9.17, 15) is 4.39 Å². The second-order valence-electron chi connectivity index (χ2n) is 3.51. The molecule has 0 saturated carbocycles. The minimum atomic E-state index is -0.396. The van der Waals surface area contributed by atoms with Crippen molar-refractivity contribution in [2.45, 2.75) is 13.3 Å². The van der Waals surface area contributed by atoms with Crippen LogP contribution in [0.1, 0.15) is 12.1 Å². The van der Waals surface area contributed by atoms with Gasteiger partial charge in [0, 0.05) is 20.3 Å². The molecular weight excluding hydrogens is 225 g/mol. The molecule has 0 spiro atoms. The van der Waals surface area contributed by atoms with E-state index in [0.717, 1.165) is 6.42 Å². The average Bonchev–Trinajstić information content (AvgIpc) is 2.33. The summed E-state index contributed by atoms with van der Waals surface area (Å²) in [6, 6.07) is 0. The fourth-order valence-corrected chi connectivity index (χ4v) is 1.21. The fourth-order valence-electron chi connectivity index (χ4n) is 1.21. The molecule has 0 atom stereocenters. The summed E-state index contributed by atoms with van der Waals surface area (Å²) in [5.74, 6) is -0.151. The van der Waals surface area contributed by atoms with Gasteiger partial charge in [-0.1, -0.05) is 0 Å². The Balaban J connectivity index is 2.16. The number of methoxy groups -OCH3 is 1. The number of nitrogens with one attached hydrogen (secondary N) is 1. The molecule has 1 aromatic heterocycles. The van der Waals surface area contributed by atoms with E-state index in [2.05, 4.69) is 15.3 Å². The van der Waals surface area contributed by atoms with Gasteiger partial charge in [-0.2, -0.15) is 0 Å². The molecule has 0 fully saturated rings. The van der Waals surface area contributed by atoms with Crippen LogP contribution < -0.4 is 5.32 Å². The van der Waals surface area contributed by atoms with Crippen molar-refractivity contribution in [1.82, 2.24) is 9.97 Å². The summed E-state index contributed by atoms with van der Waals surface area (Å²) in [6.45, 7) is 4.00. The van der Waals surface area contributed by atoms with Crippen LogP contribution in [0.2, 0.25) is 0 Å². The summed E-state index contributed by atoms with van der Waals surface area (Å²) in [5.41, 5.74) is 0.346. The van der Waals surface area contributed by atoms with Gasteiger partial charge in [0.1, 0.15) is 6.33 Å². The normalized spacial score (nSPS) is 10.5. The van der Waals surface area contributed by atoms with Crippen LogP contribution in [0, 0.1) is 12.7 Å². The number of ether oxygens (including phenoxy) is 2. The van der Waals surface area contributed by atoms with Gasteiger partial charge in [0.05, 0.1) is 18.9 Å². The number of rotatable bonds is 8. The molecule has 0 radical (unpaired) electrons. The van der Waals surface area contributed by atoms with Crippen LogP contribution in [0.15, 0.2) is 6.33 Å². The highest BCUT2D eigenvalue weighted by atomic mass is 19.1. The molecule has 96 valence electrons. The van der Waals surface area contributed by atoms with Gasteiger partial charge in [0.2, 0.25) is 0 Å². The van der Waals surface area contributed by atoms with Gasteiger partial charge in [-0.15, -0.1) is 0 Å². The number of hydrogen-bond donors (Lipinski definition) is 1. The first-order chi connectivity index (χ1) is 8.25. The van der Waals surface area contributed by atoms with Gasteiger partial charge in [0.25, 0.3) is 0 Å². The third-order valence-electron chi connectivity index (χ3n) is 2.15. The Kier molecular flexibility index (Phi) is 6.42. The molecule has 1 aromatic rings. The lowest BCUT2D eigenvalue weighted by atomic mass is 10.4. The molecule has 0 aliphatic heterocycles. The Bertz CT molecular complexity index is 336. The third kappa shape index (κ3) is 5.06. The molecule has 0 saturated heterocycles. The minimum absolute atomic E-state index is 0.245. The highest BCUT2D eigenvalue weighted by molar-refractivity contribution is 5.36. The van der Waals surface area contributed by atoms with Crippen LogP contribution in [0.4, 0.5) is 10.2 Å². The molecule has 0 amide bonds. The van der Waals surface area contributed by atoms with Crippen molar-refractivity contribution in [2.75, 3.05) is 38.8 Å². The molecule has 5 nitrogen and oxygen atoms in total. The van der Waals surface area contributed by atoms with Gasteiger partial charge >= 0.3 is 0 Å². The average molecular weight is 243 g/mol. The van der Waals surface area contributed by atoms with E-state index in [1.54, 1.807) is 14.0 Å². The maximum absolute atomic E-state index is 13.4. The Labute approximate surface area is 100 Å². The monoisotopic (exact) mass is 243 g/mol. The van der Waals surface area contributed by atoms with Crippen molar-refractivity contribution in [2.24, 2.45) is 0 Å². The summed E-state index contributed by atoms with van der Waals surface area (Å²) < 4.78 is 23.6. The zero-order chi connectivity index (χ0) is 12.5. The Morgan fingerprint density at radius 2 is 2.12 bits per heavy atom. The molecule has 0 bridgehead atoms. The summed E-state index contributed by atoms with van der Waals surface area (Å²) in [5, 5.41) is 2.91. The van der Waals surface area contributed by atoms with Crippen molar-refractivity contribution >= 4 is 5.82 Å². The Morgan fingerprint density at radius 3 is 2.88 bits per heavy atom. The number of halogens is 1. The Hall–Kier alpha value is -1.27. The zero-order valence-electron chi connectivity index (χ0n) is 10.2. The minimum Gasteiger partial charge on any atom is -0.382 e. The van der Waals surface area contributed by atoms with Crippen molar-refractivity contribution < 1.29 is 13.9 Å². The molecule has 6 heteroatoms. The highest BCUT2D eigenvalue weighted by Crippen LogP contribution is 2.11. The van der Waals surface area contributed by atoms with Gasteiger partial charge in [-0.3, -0.25) is 0 Å². The molecular formula is C11H18FN3O2. The second-order valence-corrected chi connectivity index (χ2v) is 3.51. The van der Waals surface area contributed by atoms with Crippen LogP contribution >= 0.6 is 0 Å². The number of nitrogens with zero attached hydrogens (tertiary/aromatic N) is 2. The summed E-state index contributed by atoms with van der Waals surface area (Å²) in [4.78, 5) is 7.58. The lowest BCUT2D eigenvalue weighted by Crippen LogP contribution is -2.10. The summed E-state index contributed by atoms with van der Waals surface area (Å²) >= 11 is 0. The number of anilines is 1. The van der Waals surface area contributed by atoms with Crippen LogP contribution in [-0.2, 0) is 9.47 Å². The standard InChI is InChI=1S/C11H18FN3O2/c1-9-10(12)11(15-8-14-9)13-4-3-5-17-7-6-16-2/h8H,3-7H2,1-2H3,(H,13,14,15). The molecule has 1 heterocycles. The quantitative estimate of drug-likeness (QED) is 0.699. The van der Waals surface area contributed by atoms with Gasteiger partial charge in [-0.25, -0.2) is 14.4 Å².